The van der Waals surface area contributed by atoms with Gasteiger partial charge in [0, 0.05) is 18.6 Å². The molecular formula is C22H22N4O4S+2. The highest BCUT2D eigenvalue weighted by Crippen LogP contribution is 2.16. The van der Waals surface area contributed by atoms with Crippen molar-refractivity contribution in [2.24, 2.45) is 0 Å². The van der Waals surface area contributed by atoms with Crippen LogP contribution in [0.25, 0.3) is 16.7 Å². The standard InChI is InChI=1S/C22H20N4O4S/c27-21(23-16-9-11-31(29,30)14-16)18-12-17-20(26(18)13-15-6-2-1-3-7-15)24-19-8-4-5-10-25(19)22(17)28/h1-8,10,12,16H,9,11,13-14H2,(H,23,27)/p+2/t16-/m0/s1. The van der Waals surface area contributed by atoms with Crippen molar-refractivity contribution in [3.05, 3.63) is 82.4 Å². The molecule has 31 heavy (non-hydrogen) atoms. The maximum Gasteiger partial charge on any atom is 0.398 e. The van der Waals surface area contributed by atoms with Gasteiger partial charge in [-0.25, -0.2) is 27.8 Å². The molecule has 1 atom stereocenters. The van der Waals surface area contributed by atoms with E-state index in [0.29, 0.717) is 35.3 Å². The van der Waals surface area contributed by atoms with Gasteiger partial charge in [-0.2, -0.15) is 4.40 Å². The van der Waals surface area contributed by atoms with Gasteiger partial charge in [-0.3, -0.25) is 0 Å². The molecule has 3 aromatic heterocycles. The van der Waals surface area contributed by atoms with Crippen molar-refractivity contribution < 1.29 is 23.5 Å². The number of pyridine rings is 1. The van der Waals surface area contributed by atoms with E-state index in [1.54, 1.807) is 18.3 Å². The summed E-state index contributed by atoms with van der Waals surface area (Å²) in [5, 5.41) is 11.3. The molecule has 0 aliphatic carbocycles. The maximum atomic E-state index is 13.1. The Morgan fingerprint density at radius 3 is 2.68 bits per heavy atom. The smallest absolute Gasteiger partial charge is 0.398 e. The molecule has 0 spiro atoms. The van der Waals surface area contributed by atoms with Gasteiger partial charge in [-0.15, -0.1) is 0 Å². The van der Waals surface area contributed by atoms with E-state index >= 15 is 0 Å². The van der Waals surface area contributed by atoms with Crippen LogP contribution in [-0.2, 0) is 16.4 Å². The Bertz CT molecular complexity index is 1490. The number of aromatic amines is 1. The minimum absolute atomic E-state index is 0.0192. The zero-order chi connectivity index (χ0) is 21.6. The zero-order valence-electron chi connectivity index (χ0n) is 16.7. The quantitative estimate of drug-likeness (QED) is 0.336. The molecule has 0 bridgehead atoms. The normalized spacial score (nSPS) is 18.7. The van der Waals surface area contributed by atoms with Crippen molar-refractivity contribution in [2.75, 3.05) is 11.5 Å². The van der Waals surface area contributed by atoms with Gasteiger partial charge in [0.25, 0.3) is 0 Å². The maximum absolute atomic E-state index is 13.1. The monoisotopic (exact) mass is 438 g/mol. The number of aromatic nitrogens is 3. The third-order valence-electron chi connectivity index (χ3n) is 5.65. The van der Waals surface area contributed by atoms with Crippen LogP contribution in [0.1, 0.15) is 17.7 Å². The molecule has 1 aliphatic rings. The first-order valence-electron chi connectivity index (χ1n) is 10.0. The van der Waals surface area contributed by atoms with E-state index in [2.05, 4.69) is 9.98 Å². The van der Waals surface area contributed by atoms with Gasteiger partial charge in [-0.1, -0.05) is 36.4 Å². The summed E-state index contributed by atoms with van der Waals surface area (Å²) in [4.78, 5) is 19.3. The van der Waals surface area contributed by atoms with Crippen molar-refractivity contribution in [2.45, 2.75) is 19.0 Å². The highest BCUT2D eigenvalue weighted by Gasteiger charge is 2.34. The van der Waals surface area contributed by atoms with E-state index in [9.17, 15) is 18.3 Å². The number of hydrogen-bond donors (Lipinski definition) is 2. The summed E-state index contributed by atoms with van der Waals surface area (Å²) < 4.78 is 27.0. The van der Waals surface area contributed by atoms with Crippen molar-refractivity contribution in [1.82, 2.24) is 8.97 Å². The van der Waals surface area contributed by atoms with Crippen LogP contribution in [0.4, 0.5) is 0 Å². The molecule has 158 valence electrons. The van der Waals surface area contributed by atoms with Gasteiger partial charge in [-0.05, 0) is 11.6 Å². The average molecular weight is 439 g/mol. The number of benzene rings is 1. The SMILES string of the molecule is O=c1c2cc(C(O)=[NH+][C@H]3CCS(=O)(=O)C3)n(Cc3ccccc3)c2[nH+]c2ccccn12. The number of nitrogens with one attached hydrogen (secondary N) is 2. The Kier molecular flexibility index (Phi) is 4.62. The molecule has 4 heterocycles. The summed E-state index contributed by atoms with van der Waals surface area (Å²) in [6.07, 6.45) is 2.12. The Balaban J connectivity index is 1.70. The fourth-order valence-electron chi connectivity index (χ4n) is 4.12. The highest BCUT2D eigenvalue weighted by atomic mass is 32.2. The van der Waals surface area contributed by atoms with Crippen LogP contribution in [0.3, 0.4) is 0 Å². The van der Waals surface area contributed by atoms with Gasteiger partial charge >= 0.3 is 11.5 Å². The second-order valence-electron chi connectivity index (χ2n) is 7.84. The number of aliphatic hydroxyl groups is 1. The predicted molar refractivity (Wildman–Crippen MR) is 116 cm³/mol. The molecule has 1 aliphatic heterocycles. The van der Waals surface area contributed by atoms with Crippen LogP contribution in [0.15, 0.2) is 65.6 Å². The molecule has 1 saturated heterocycles. The van der Waals surface area contributed by atoms with Crippen LogP contribution in [0.2, 0.25) is 0 Å². The molecule has 3 N–H and O–H groups in total. The van der Waals surface area contributed by atoms with E-state index < -0.39 is 9.84 Å². The molecule has 5 rings (SSSR count). The van der Waals surface area contributed by atoms with Gasteiger partial charge in [0.05, 0.1) is 18.5 Å². The van der Waals surface area contributed by atoms with Crippen molar-refractivity contribution in [3.63, 3.8) is 0 Å². The number of sulfone groups is 1. The van der Waals surface area contributed by atoms with Gasteiger partial charge in [0.1, 0.15) is 11.1 Å². The first-order valence-corrected chi connectivity index (χ1v) is 11.9. The first-order chi connectivity index (χ1) is 14.9. The lowest BCUT2D eigenvalue weighted by Gasteiger charge is -2.05. The molecule has 1 aromatic carbocycles. The Morgan fingerprint density at radius 2 is 1.94 bits per heavy atom. The number of hydrogen-bond acceptors (Lipinski definition) is 3. The number of fused-ring (bicyclic) bond motifs is 2. The van der Waals surface area contributed by atoms with Gasteiger partial charge < -0.3 is 5.11 Å². The molecule has 1 fully saturated rings. The topological polar surface area (TPSA) is 109 Å². The highest BCUT2D eigenvalue weighted by molar-refractivity contribution is 7.91. The Morgan fingerprint density at radius 1 is 1.16 bits per heavy atom. The molecule has 8 nitrogen and oxygen atoms in total. The molecule has 0 amide bonds. The largest absolute Gasteiger partial charge is 0.458 e. The summed E-state index contributed by atoms with van der Waals surface area (Å²) in [5.41, 5.74) is 2.44. The lowest BCUT2D eigenvalue weighted by Crippen LogP contribution is -2.80. The molecule has 0 saturated carbocycles. The van der Waals surface area contributed by atoms with Gasteiger partial charge in [0.2, 0.25) is 17.0 Å². The van der Waals surface area contributed by atoms with Crippen LogP contribution >= 0.6 is 0 Å². The lowest BCUT2D eigenvalue weighted by atomic mass is 10.2. The zero-order valence-corrected chi connectivity index (χ0v) is 17.5. The summed E-state index contributed by atoms with van der Waals surface area (Å²) in [6.45, 7) is 0.424. The van der Waals surface area contributed by atoms with Crippen molar-refractivity contribution >= 4 is 32.4 Å². The Hall–Kier alpha value is -3.46. The molecule has 4 aromatic rings. The Labute approximate surface area is 178 Å². The number of H-pyrrole nitrogens is 1. The summed E-state index contributed by atoms with van der Waals surface area (Å²) >= 11 is 0. The number of nitrogens with zero attached hydrogens (tertiary/aromatic N) is 2. The minimum Gasteiger partial charge on any atom is -0.458 e. The van der Waals surface area contributed by atoms with Crippen LogP contribution in [0.5, 0.6) is 0 Å². The van der Waals surface area contributed by atoms with Crippen molar-refractivity contribution in [3.8, 4) is 0 Å². The predicted octanol–water partition coefficient (Wildman–Crippen LogP) is -0.311. The van der Waals surface area contributed by atoms with Crippen LogP contribution in [0, 0.1) is 0 Å². The molecule has 0 radical (unpaired) electrons. The van der Waals surface area contributed by atoms with Gasteiger partial charge in [0.15, 0.2) is 15.9 Å². The summed E-state index contributed by atoms with van der Waals surface area (Å²) in [7, 11) is -3.09. The summed E-state index contributed by atoms with van der Waals surface area (Å²) in [6, 6.07) is 16.4. The van der Waals surface area contributed by atoms with E-state index in [-0.39, 0.29) is 29.0 Å². The second kappa shape index (κ2) is 7.35. The van der Waals surface area contributed by atoms with E-state index in [1.807, 2.05) is 47.0 Å². The van der Waals surface area contributed by atoms with E-state index in [0.717, 1.165) is 5.56 Å². The fraction of sp³-hybridized carbons (Fsp3) is 0.227. The number of aliphatic hydroxyl groups excluding tert-OH is 1. The molecule has 0 unspecified atom stereocenters. The number of rotatable bonds is 4. The van der Waals surface area contributed by atoms with E-state index in [4.69, 9.17) is 0 Å². The third kappa shape index (κ3) is 3.61. The average Bonchev–Trinajstić information content (AvgIpc) is 3.29. The first kappa shape index (κ1) is 19.5. The fourth-order valence-corrected chi connectivity index (χ4v) is 5.80. The summed E-state index contributed by atoms with van der Waals surface area (Å²) in [5.74, 6) is -0.0591. The van der Waals surface area contributed by atoms with Crippen LogP contribution < -0.4 is 15.5 Å². The minimum atomic E-state index is -3.09. The van der Waals surface area contributed by atoms with E-state index in [1.165, 1.54) is 4.40 Å². The molecule has 9 heteroatoms. The lowest BCUT2D eigenvalue weighted by molar-refractivity contribution is -0.503. The van der Waals surface area contributed by atoms with Crippen LogP contribution in [-0.4, -0.2) is 45.9 Å². The third-order valence-corrected chi connectivity index (χ3v) is 7.42. The molecular weight excluding hydrogens is 416 g/mol. The van der Waals surface area contributed by atoms with Crippen molar-refractivity contribution in [1.29, 1.82) is 0 Å². The second-order valence-corrected chi connectivity index (χ2v) is 10.1.